The minimum Gasteiger partial charge on any atom is -0.382 e. The molecule has 160 valence electrons. The zero-order valence-electron chi connectivity index (χ0n) is 17.2. The highest BCUT2D eigenvalue weighted by atomic mass is 79.9. The Hall–Kier alpha value is -2.23. The predicted molar refractivity (Wildman–Crippen MR) is 123 cm³/mol. The van der Waals surface area contributed by atoms with Crippen LogP contribution in [-0.2, 0) is 9.53 Å². The summed E-state index contributed by atoms with van der Waals surface area (Å²) in [6.45, 7) is 7.63. The van der Waals surface area contributed by atoms with E-state index in [4.69, 9.17) is 21.5 Å². The first kappa shape index (κ1) is 22.5. The van der Waals surface area contributed by atoms with E-state index in [1.807, 2.05) is 43.0 Å². The SMILES string of the molecule is CCOCCCN1C(=S)N[C@H](c2cccc(Br)c2)C(C(=O)Nc2cc(C)on2)=C1C. The van der Waals surface area contributed by atoms with E-state index in [0.717, 1.165) is 22.2 Å². The molecule has 0 radical (unpaired) electrons. The minimum absolute atomic E-state index is 0.254. The molecule has 0 saturated carbocycles. The van der Waals surface area contributed by atoms with Gasteiger partial charge in [-0.25, -0.2) is 0 Å². The molecule has 1 aromatic heterocycles. The third-order valence-corrected chi connectivity index (χ3v) is 5.60. The number of carbonyl (C=O) groups excluding carboxylic acids is 1. The summed E-state index contributed by atoms with van der Waals surface area (Å²) in [7, 11) is 0. The molecule has 0 fully saturated rings. The van der Waals surface area contributed by atoms with E-state index in [2.05, 4.69) is 31.7 Å². The summed E-state index contributed by atoms with van der Waals surface area (Å²) in [5.41, 5.74) is 2.32. The van der Waals surface area contributed by atoms with Gasteiger partial charge in [0.25, 0.3) is 5.91 Å². The molecule has 1 aliphatic rings. The van der Waals surface area contributed by atoms with Crippen LogP contribution in [0.2, 0.25) is 0 Å². The number of aromatic nitrogens is 1. The third-order valence-electron chi connectivity index (χ3n) is 4.77. The first-order chi connectivity index (χ1) is 14.4. The van der Waals surface area contributed by atoms with Gasteiger partial charge in [0.1, 0.15) is 5.76 Å². The molecule has 2 aromatic rings. The molecule has 9 heteroatoms. The first-order valence-electron chi connectivity index (χ1n) is 9.77. The smallest absolute Gasteiger partial charge is 0.257 e. The van der Waals surface area contributed by atoms with Crippen LogP contribution in [-0.4, -0.2) is 40.8 Å². The second kappa shape index (κ2) is 10.2. The monoisotopic (exact) mass is 492 g/mol. The number of nitrogens with zero attached hydrogens (tertiary/aromatic N) is 2. The number of carbonyl (C=O) groups is 1. The van der Waals surface area contributed by atoms with E-state index in [0.29, 0.717) is 42.0 Å². The number of hydrogen-bond acceptors (Lipinski definition) is 5. The Balaban J connectivity index is 1.94. The number of hydrogen-bond donors (Lipinski definition) is 2. The van der Waals surface area contributed by atoms with E-state index in [9.17, 15) is 4.79 Å². The van der Waals surface area contributed by atoms with Gasteiger partial charge in [-0.1, -0.05) is 33.2 Å². The molecule has 1 aliphatic heterocycles. The van der Waals surface area contributed by atoms with Gasteiger partial charge in [0, 0.05) is 36.0 Å². The Labute approximate surface area is 189 Å². The number of nitrogens with one attached hydrogen (secondary N) is 2. The molecule has 3 rings (SSSR count). The van der Waals surface area contributed by atoms with Crippen molar-refractivity contribution < 1.29 is 14.1 Å². The van der Waals surface area contributed by atoms with Crippen LogP contribution < -0.4 is 10.6 Å². The van der Waals surface area contributed by atoms with Gasteiger partial charge in [-0.2, -0.15) is 0 Å². The van der Waals surface area contributed by atoms with Gasteiger partial charge in [0.15, 0.2) is 10.9 Å². The van der Waals surface area contributed by atoms with Gasteiger partial charge < -0.3 is 24.8 Å². The summed E-state index contributed by atoms with van der Waals surface area (Å²) in [6.07, 6.45) is 0.798. The van der Waals surface area contributed by atoms with Crippen molar-refractivity contribution in [2.24, 2.45) is 0 Å². The molecule has 0 saturated heterocycles. The molecule has 7 nitrogen and oxygen atoms in total. The normalized spacial score (nSPS) is 16.6. The Morgan fingerprint density at radius 2 is 2.20 bits per heavy atom. The summed E-state index contributed by atoms with van der Waals surface area (Å²) in [5, 5.41) is 10.6. The van der Waals surface area contributed by atoms with Crippen LogP contribution in [0.15, 0.2) is 50.6 Å². The van der Waals surface area contributed by atoms with Gasteiger partial charge in [-0.05, 0) is 57.1 Å². The Morgan fingerprint density at radius 3 is 2.87 bits per heavy atom. The van der Waals surface area contributed by atoms with Crippen molar-refractivity contribution in [3.63, 3.8) is 0 Å². The van der Waals surface area contributed by atoms with Crippen molar-refractivity contribution >= 4 is 45.0 Å². The fourth-order valence-corrected chi connectivity index (χ4v) is 4.12. The van der Waals surface area contributed by atoms with E-state index in [-0.39, 0.29) is 11.9 Å². The summed E-state index contributed by atoms with van der Waals surface area (Å²) >= 11 is 9.14. The molecule has 1 aromatic carbocycles. The summed E-state index contributed by atoms with van der Waals surface area (Å²) in [5.74, 6) is 0.748. The zero-order chi connectivity index (χ0) is 21.7. The number of allylic oxidation sites excluding steroid dienone is 1. The van der Waals surface area contributed by atoms with Crippen molar-refractivity contribution in [3.05, 3.63) is 57.4 Å². The van der Waals surface area contributed by atoms with Crippen LogP contribution in [0.5, 0.6) is 0 Å². The minimum atomic E-state index is -0.383. The highest BCUT2D eigenvalue weighted by Crippen LogP contribution is 2.32. The number of amides is 1. The van der Waals surface area contributed by atoms with Crippen LogP contribution in [0.3, 0.4) is 0 Å². The maximum Gasteiger partial charge on any atom is 0.257 e. The Bertz CT molecular complexity index is 959. The third kappa shape index (κ3) is 5.27. The molecule has 30 heavy (non-hydrogen) atoms. The van der Waals surface area contributed by atoms with Gasteiger partial charge >= 0.3 is 0 Å². The molecule has 0 aliphatic carbocycles. The topological polar surface area (TPSA) is 79.6 Å². The maximum atomic E-state index is 13.3. The lowest BCUT2D eigenvalue weighted by molar-refractivity contribution is -0.113. The van der Waals surface area contributed by atoms with Crippen molar-refractivity contribution in [3.8, 4) is 0 Å². The molecular weight excluding hydrogens is 468 g/mol. The lowest BCUT2D eigenvalue weighted by atomic mass is 9.94. The van der Waals surface area contributed by atoms with Crippen LogP contribution >= 0.6 is 28.1 Å². The number of thiocarbonyl (C=S) groups is 1. The molecule has 0 spiro atoms. The van der Waals surface area contributed by atoms with Crippen molar-refractivity contribution in [2.45, 2.75) is 33.2 Å². The van der Waals surface area contributed by atoms with Crippen LogP contribution in [0.1, 0.15) is 37.6 Å². The summed E-state index contributed by atoms with van der Waals surface area (Å²) in [4.78, 5) is 15.2. The number of benzene rings is 1. The zero-order valence-corrected chi connectivity index (χ0v) is 19.6. The number of rotatable bonds is 8. The average molecular weight is 493 g/mol. The second-order valence-electron chi connectivity index (χ2n) is 6.92. The number of aryl methyl sites for hydroxylation is 1. The fraction of sp³-hybridized carbons (Fsp3) is 0.381. The lowest BCUT2D eigenvalue weighted by Gasteiger charge is -2.38. The number of ether oxygens (including phenoxy) is 1. The standard InChI is InChI=1S/C21H25BrN4O3S/c1-4-28-10-6-9-26-14(3)18(20(27)23-17-11-13(2)29-25-17)19(24-21(26)30)15-7-5-8-16(22)12-15/h5,7-8,11-12,19H,4,6,9-10H2,1-3H3,(H,24,30)(H,23,25,27)/t19-/m1/s1. The number of anilines is 1. The van der Waals surface area contributed by atoms with E-state index in [1.54, 1.807) is 13.0 Å². The van der Waals surface area contributed by atoms with Gasteiger partial charge in [0.2, 0.25) is 0 Å². The molecule has 2 heterocycles. The summed E-state index contributed by atoms with van der Waals surface area (Å²) in [6, 6.07) is 9.13. The molecule has 0 bridgehead atoms. The van der Waals surface area contributed by atoms with Crippen molar-refractivity contribution in [1.82, 2.24) is 15.4 Å². The van der Waals surface area contributed by atoms with Gasteiger partial charge in [-0.15, -0.1) is 0 Å². The average Bonchev–Trinajstić information content (AvgIpc) is 3.11. The highest BCUT2D eigenvalue weighted by molar-refractivity contribution is 9.10. The fourth-order valence-electron chi connectivity index (χ4n) is 3.36. The molecule has 1 atom stereocenters. The highest BCUT2D eigenvalue weighted by Gasteiger charge is 2.34. The largest absolute Gasteiger partial charge is 0.382 e. The van der Waals surface area contributed by atoms with Crippen molar-refractivity contribution in [2.75, 3.05) is 25.1 Å². The first-order valence-corrected chi connectivity index (χ1v) is 11.0. The molecular formula is C21H25BrN4O3S. The van der Waals surface area contributed by atoms with E-state index in [1.165, 1.54) is 0 Å². The maximum absolute atomic E-state index is 13.3. The van der Waals surface area contributed by atoms with Crippen LogP contribution in [0, 0.1) is 6.92 Å². The molecule has 1 amide bonds. The van der Waals surface area contributed by atoms with Crippen LogP contribution in [0.25, 0.3) is 0 Å². The van der Waals surface area contributed by atoms with E-state index < -0.39 is 0 Å². The van der Waals surface area contributed by atoms with Gasteiger partial charge in [0.05, 0.1) is 11.6 Å². The molecule has 2 N–H and O–H groups in total. The predicted octanol–water partition coefficient (Wildman–Crippen LogP) is 4.32. The van der Waals surface area contributed by atoms with E-state index >= 15 is 0 Å². The Kier molecular flexibility index (Phi) is 7.63. The van der Waals surface area contributed by atoms with Gasteiger partial charge in [-0.3, -0.25) is 4.79 Å². The summed E-state index contributed by atoms with van der Waals surface area (Å²) < 4.78 is 11.4. The van der Waals surface area contributed by atoms with Crippen LogP contribution in [0.4, 0.5) is 5.82 Å². The second-order valence-corrected chi connectivity index (χ2v) is 8.22. The van der Waals surface area contributed by atoms with Crippen molar-refractivity contribution in [1.29, 1.82) is 0 Å². The lowest BCUT2D eigenvalue weighted by Crippen LogP contribution is -2.48. The Morgan fingerprint density at radius 1 is 1.40 bits per heavy atom. The number of halogens is 1. The quantitative estimate of drug-likeness (QED) is 0.419. The molecule has 0 unspecified atom stereocenters.